The van der Waals surface area contributed by atoms with Crippen molar-refractivity contribution in [2.75, 3.05) is 52.7 Å². The number of nitrogens with one attached hydrogen (secondary N) is 1. The van der Waals surface area contributed by atoms with Crippen molar-refractivity contribution in [3.63, 3.8) is 0 Å². The zero-order valence-electron chi connectivity index (χ0n) is 17.4. The summed E-state index contributed by atoms with van der Waals surface area (Å²) in [5.41, 5.74) is 5.48. The van der Waals surface area contributed by atoms with Gasteiger partial charge in [0.05, 0.1) is 24.7 Å². The van der Waals surface area contributed by atoms with E-state index in [0.29, 0.717) is 51.6 Å². The topological polar surface area (TPSA) is 137 Å². The van der Waals surface area contributed by atoms with Crippen LogP contribution in [0.1, 0.15) is 19.3 Å². The van der Waals surface area contributed by atoms with Crippen LogP contribution < -0.4 is 15.8 Å². The van der Waals surface area contributed by atoms with Crippen molar-refractivity contribution in [1.82, 2.24) is 10.2 Å². The summed E-state index contributed by atoms with van der Waals surface area (Å²) in [7, 11) is -3.96. The average molecular weight is 456 g/mol. The van der Waals surface area contributed by atoms with E-state index in [-0.39, 0.29) is 37.0 Å². The highest BCUT2D eigenvalue weighted by Gasteiger charge is 2.51. The third kappa shape index (κ3) is 5.28. The van der Waals surface area contributed by atoms with E-state index in [4.69, 9.17) is 19.9 Å². The van der Waals surface area contributed by atoms with Crippen LogP contribution in [0.4, 0.5) is 4.79 Å². The molecular formula is C20H29N3O7S. The molecule has 1 aromatic rings. The molecule has 3 N–H and O–H groups in total. The van der Waals surface area contributed by atoms with Gasteiger partial charge in [0.1, 0.15) is 5.75 Å². The molecule has 0 aliphatic carbocycles. The number of nitrogens with two attached hydrogens (primary N) is 1. The Kier molecular flexibility index (Phi) is 7.74. The predicted octanol–water partition coefficient (Wildman–Crippen LogP) is 0.306. The first-order valence-electron chi connectivity index (χ1n) is 10.3. The van der Waals surface area contributed by atoms with E-state index < -0.39 is 20.5 Å². The molecule has 10 nitrogen and oxygen atoms in total. The molecule has 3 amide bonds. The molecule has 1 aromatic carbocycles. The maximum absolute atomic E-state index is 13.1. The Morgan fingerprint density at radius 1 is 1.06 bits per heavy atom. The van der Waals surface area contributed by atoms with Crippen LogP contribution >= 0.6 is 0 Å². The Hall–Kier alpha value is -2.37. The standard InChI is InChI=1S/C20H29N3O7S/c21-18(24)20(6-12-28-13-7-20)31(26,27)17-4-2-16(3-5-17)30-11-1-8-22-19(25)23-9-14-29-15-10-23/h2-5H,1,6-15H2,(H2,21,24)(H,22,25). The number of hydrogen-bond donors (Lipinski definition) is 2. The summed E-state index contributed by atoms with van der Waals surface area (Å²) in [6, 6.07) is 5.82. The second kappa shape index (κ2) is 10.3. The van der Waals surface area contributed by atoms with Crippen LogP contribution in [0.25, 0.3) is 0 Å². The monoisotopic (exact) mass is 455 g/mol. The van der Waals surface area contributed by atoms with Gasteiger partial charge in [-0.15, -0.1) is 0 Å². The van der Waals surface area contributed by atoms with Crippen LogP contribution in [-0.4, -0.2) is 82.7 Å². The second-order valence-electron chi connectivity index (χ2n) is 7.48. The van der Waals surface area contributed by atoms with Gasteiger partial charge in [-0.1, -0.05) is 0 Å². The molecule has 2 aliphatic heterocycles. The third-order valence-corrected chi connectivity index (χ3v) is 8.09. The Balaban J connectivity index is 1.49. The van der Waals surface area contributed by atoms with E-state index in [1.165, 1.54) is 12.1 Å². The maximum Gasteiger partial charge on any atom is 0.317 e. The van der Waals surface area contributed by atoms with Gasteiger partial charge in [-0.3, -0.25) is 4.79 Å². The quantitative estimate of drug-likeness (QED) is 0.538. The Morgan fingerprint density at radius 2 is 1.68 bits per heavy atom. The van der Waals surface area contributed by atoms with Gasteiger partial charge in [-0.05, 0) is 43.5 Å². The lowest BCUT2D eigenvalue weighted by Gasteiger charge is -2.33. The lowest BCUT2D eigenvalue weighted by atomic mass is 9.98. The van der Waals surface area contributed by atoms with Crippen LogP contribution in [-0.2, 0) is 24.1 Å². The molecule has 0 bridgehead atoms. The number of primary amides is 1. The molecule has 3 rings (SSSR count). The van der Waals surface area contributed by atoms with Crippen molar-refractivity contribution < 1.29 is 32.2 Å². The molecule has 2 aliphatic rings. The summed E-state index contributed by atoms with van der Waals surface area (Å²) in [6.45, 7) is 3.44. The minimum Gasteiger partial charge on any atom is -0.494 e. The van der Waals surface area contributed by atoms with Crippen molar-refractivity contribution in [3.05, 3.63) is 24.3 Å². The Morgan fingerprint density at radius 3 is 2.29 bits per heavy atom. The maximum atomic E-state index is 13.1. The molecule has 0 atom stereocenters. The minimum atomic E-state index is -3.96. The number of rotatable bonds is 8. The van der Waals surface area contributed by atoms with E-state index in [9.17, 15) is 18.0 Å². The fourth-order valence-corrected chi connectivity index (χ4v) is 5.54. The SMILES string of the molecule is NC(=O)C1(S(=O)(=O)c2ccc(OCCCNC(=O)N3CCOCC3)cc2)CCOCC1. The van der Waals surface area contributed by atoms with E-state index >= 15 is 0 Å². The van der Waals surface area contributed by atoms with E-state index in [2.05, 4.69) is 5.32 Å². The first-order chi connectivity index (χ1) is 14.9. The van der Waals surface area contributed by atoms with Crippen molar-refractivity contribution in [2.45, 2.75) is 28.9 Å². The molecule has 2 heterocycles. The van der Waals surface area contributed by atoms with Crippen LogP contribution in [0.5, 0.6) is 5.75 Å². The van der Waals surface area contributed by atoms with Crippen molar-refractivity contribution in [2.24, 2.45) is 5.73 Å². The van der Waals surface area contributed by atoms with Crippen LogP contribution in [0.15, 0.2) is 29.2 Å². The molecular weight excluding hydrogens is 426 g/mol. The summed E-state index contributed by atoms with van der Waals surface area (Å²) in [5.74, 6) is -0.353. The lowest BCUT2D eigenvalue weighted by Crippen LogP contribution is -2.53. The zero-order chi connectivity index (χ0) is 22.3. The summed E-state index contributed by atoms with van der Waals surface area (Å²) in [5, 5.41) is 2.84. The first kappa shape index (κ1) is 23.3. The molecule has 11 heteroatoms. The average Bonchev–Trinajstić information content (AvgIpc) is 2.80. The van der Waals surface area contributed by atoms with Gasteiger partial charge >= 0.3 is 6.03 Å². The highest BCUT2D eigenvalue weighted by molar-refractivity contribution is 7.93. The van der Waals surface area contributed by atoms with Gasteiger partial charge in [0, 0.05) is 32.8 Å². The van der Waals surface area contributed by atoms with Gasteiger partial charge in [0.2, 0.25) is 5.91 Å². The highest BCUT2D eigenvalue weighted by atomic mass is 32.2. The molecule has 0 radical (unpaired) electrons. The molecule has 31 heavy (non-hydrogen) atoms. The first-order valence-corrected chi connectivity index (χ1v) is 11.8. The minimum absolute atomic E-state index is 0.0262. The van der Waals surface area contributed by atoms with Crippen molar-refractivity contribution in [3.8, 4) is 5.75 Å². The second-order valence-corrected chi connectivity index (χ2v) is 9.74. The van der Waals surface area contributed by atoms with Crippen molar-refractivity contribution in [1.29, 1.82) is 0 Å². The molecule has 0 saturated carbocycles. The zero-order valence-corrected chi connectivity index (χ0v) is 18.2. The highest BCUT2D eigenvalue weighted by Crippen LogP contribution is 2.35. The molecule has 0 aromatic heterocycles. The van der Waals surface area contributed by atoms with Gasteiger partial charge in [0.15, 0.2) is 14.6 Å². The number of sulfone groups is 1. The molecule has 2 fully saturated rings. The normalized spacial score (nSPS) is 18.9. The fourth-order valence-electron chi connectivity index (χ4n) is 3.63. The summed E-state index contributed by atoms with van der Waals surface area (Å²) in [4.78, 5) is 25.8. The van der Waals surface area contributed by atoms with Gasteiger partial charge in [0.25, 0.3) is 0 Å². The van der Waals surface area contributed by atoms with Crippen LogP contribution in [0.3, 0.4) is 0 Å². The molecule has 0 spiro atoms. The molecule has 0 unspecified atom stereocenters. The van der Waals surface area contributed by atoms with E-state index in [0.717, 1.165) is 0 Å². The predicted molar refractivity (Wildman–Crippen MR) is 112 cm³/mol. The summed E-state index contributed by atoms with van der Waals surface area (Å²) in [6.07, 6.45) is 0.680. The van der Waals surface area contributed by atoms with E-state index in [1.807, 2.05) is 0 Å². The van der Waals surface area contributed by atoms with Crippen molar-refractivity contribution >= 4 is 21.8 Å². The number of benzene rings is 1. The Bertz CT molecular complexity index is 861. The van der Waals surface area contributed by atoms with Crippen LogP contribution in [0.2, 0.25) is 0 Å². The van der Waals surface area contributed by atoms with Gasteiger partial charge in [-0.2, -0.15) is 0 Å². The van der Waals surface area contributed by atoms with E-state index in [1.54, 1.807) is 17.0 Å². The lowest BCUT2D eigenvalue weighted by molar-refractivity contribution is -0.122. The number of urea groups is 1. The molecule has 2 saturated heterocycles. The number of morpholine rings is 1. The van der Waals surface area contributed by atoms with Gasteiger partial charge < -0.3 is 30.2 Å². The number of nitrogens with zero attached hydrogens (tertiary/aromatic N) is 1. The number of carbonyl (C=O) groups is 2. The number of amides is 3. The van der Waals surface area contributed by atoms with Crippen LogP contribution in [0, 0.1) is 0 Å². The largest absolute Gasteiger partial charge is 0.494 e. The Labute approximate surface area is 181 Å². The van der Waals surface area contributed by atoms with Gasteiger partial charge in [-0.25, -0.2) is 13.2 Å². The third-order valence-electron chi connectivity index (χ3n) is 5.56. The number of hydrogen-bond acceptors (Lipinski definition) is 7. The smallest absolute Gasteiger partial charge is 0.317 e. The fraction of sp³-hybridized carbons (Fsp3) is 0.600. The summed E-state index contributed by atoms with van der Waals surface area (Å²) < 4.78 is 40.6. The number of carbonyl (C=O) groups excluding carboxylic acids is 2. The molecule has 172 valence electrons. The number of ether oxygens (including phenoxy) is 3. The summed E-state index contributed by atoms with van der Waals surface area (Å²) >= 11 is 0.